The molecule has 0 aliphatic carbocycles. The van der Waals surface area contributed by atoms with Crippen LogP contribution in [0.3, 0.4) is 0 Å². The SMILES string of the molecule is CC(C)N(Cc1cccs1)S(=O)(=O)C(C)C(N)=S. The summed E-state index contributed by atoms with van der Waals surface area (Å²) < 4.78 is 26.3. The fraction of sp³-hybridized carbons (Fsp3) is 0.545. The minimum absolute atomic E-state index is 0.00632. The van der Waals surface area contributed by atoms with E-state index in [1.54, 1.807) is 0 Å². The van der Waals surface area contributed by atoms with Crippen LogP contribution in [0, 0.1) is 0 Å². The average molecular weight is 306 g/mol. The van der Waals surface area contributed by atoms with Gasteiger partial charge in [0.05, 0.1) is 4.99 Å². The number of sulfonamides is 1. The Morgan fingerprint density at radius 1 is 1.50 bits per heavy atom. The van der Waals surface area contributed by atoms with Gasteiger partial charge >= 0.3 is 0 Å². The summed E-state index contributed by atoms with van der Waals surface area (Å²) in [5, 5.41) is 1.09. The van der Waals surface area contributed by atoms with Crippen LogP contribution in [0.5, 0.6) is 0 Å². The number of nitrogens with two attached hydrogens (primary N) is 1. The summed E-state index contributed by atoms with van der Waals surface area (Å²) in [5.41, 5.74) is 5.46. The molecule has 18 heavy (non-hydrogen) atoms. The van der Waals surface area contributed by atoms with E-state index in [1.165, 1.54) is 22.6 Å². The number of rotatable bonds is 6. The summed E-state index contributed by atoms with van der Waals surface area (Å²) in [6.07, 6.45) is 0. The molecule has 0 spiro atoms. The fourth-order valence-electron chi connectivity index (χ4n) is 1.47. The van der Waals surface area contributed by atoms with E-state index < -0.39 is 15.3 Å². The van der Waals surface area contributed by atoms with Gasteiger partial charge in [-0.05, 0) is 32.2 Å². The lowest BCUT2D eigenvalue weighted by atomic mass is 10.4. The molecule has 0 radical (unpaired) electrons. The van der Waals surface area contributed by atoms with Gasteiger partial charge < -0.3 is 5.73 Å². The first-order valence-electron chi connectivity index (χ1n) is 5.59. The molecule has 0 amide bonds. The lowest BCUT2D eigenvalue weighted by molar-refractivity contribution is 0.349. The van der Waals surface area contributed by atoms with Crippen LogP contribution in [-0.2, 0) is 16.6 Å². The van der Waals surface area contributed by atoms with Crippen molar-refractivity contribution < 1.29 is 8.42 Å². The molecule has 0 fully saturated rings. The molecular formula is C11H18N2O2S3. The molecule has 1 rings (SSSR count). The first-order valence-corrected chi connectivity index (χ1v) is 8.38. The van der Waals surface area contributed by atoms with Gasteiger partial charge in [0.2, 0.25) is 10.0 Å². The van der Waals surface area contributed by atoms with Gasteiger partial charge in [0.1, 0.15) is 5.25 Å². The predicted octanol–water partition coefficient (Wildman–Crippen LogP) is 1.96. The van der Waals surface area contributed by atoms with Gasteiger partial charge in [0.15, 0.2) is 0 Å². The molecular weight excluding hydrogens is 288 g/mol. The first kappa shape index (κ1) is 15.6. The van der Waals surface area contributed by atoms with Gasteiger partial charge in [-0.25, -0.2) is 8.42 Å². The van der Waals surface area contributed by atoms with Crippen LogP contribution in [0.4, 0.5) is 0 Å². The van der Waals surface area contributed by atoms with Gasteiger partial charge in [0.25, 0.3) is 0 Å². The monoisotopic (exact) mass is 306 g/mol. The highest BCUT2D eigenvalue weighted by atomic mass is 32.2. The number of hydrogen-bond donors (Lipinski definition) is 1. The molecule has 102 valence electrons. The van der Waals surface area contributed by atoms with Gasteiger partial charge in [-0.3, -0.25) is 0 Å². The molecule has 1 aromatic heterocycles. The Hall–Kier alpha value is -0.500. The zero-order valence-corrected chi connectivity index (χ0v) is 13.1. The van der Waals surface area contributed by atoms with Crippen molar-refractivity contribution in [3.05, 3.63) is 22.4 Å². The Morgan fingerprint density at radius 2 is 2.11 bits per heavy atom. The van der Waals surface area contributed by atoms with E-state index in [1.807, 2.05) is 31.4 Å². The van der Waals surface area contributed by atoms with Crippen molar-refractivity contribution in [1.29, 1.82) is 0 Å². The smallest absolute Gasteiger partial charge is 0.223 e. The van der Waals surface area contributed by atoms with Crippen molar-refractivity contribution in [3.8, 4) is 0 Å². The van der Waals surface area contributed by atoms with E-state index in [-0.39, 0.29) is 11.0 Å². The van der Waals surface area contributed by atoms with Gasteiger partial charge in [0, 0.05) is 17.5 Å². The number of hydrogen-bond acceptors (Lipinski definition) is 4. The second-order valence-electron chi connectivity index (χ2n) is 4.31. The Bertz CT molecular complexity index is 494. The second-order valence-corrected chi connectivity index (χ2v) is 8.02. The van der Waals surface area contributed by atoms with Crippen LogP contribution in [-0.4, -0.2) is 29.0 Å². The lowest BCUT2D eigenvalue weighted by Crippen LogP contribution is -2.45. The van der Waals surface area contributed by atoms with Gasteiger partial charge in [-0.1, -0.05) is 18.3 Å². The normalized spacial score (nSPS) is 14.1. The minimum Gasteiger partial charge on any atom is -0.392 e. The Morgan fingerprint density at radius 3 is 2.50 bits per heavy atom. The highest BCUT2D eigenvalue weighted by molar-refractivity contribution is 7.92. The van der Waals surface area contributed by atoms with E-state index in [0.29, 0.717) is 6.54 Å². The minimum atomic E-state index is -3.50. The van der Waals surface area contributed by atoms with E-state index in [0.717, 1.165) is 4.88 Å². The summed E-state index contributed by atoms with van der Waals surface area (Å²) in [6.45, 7) is 5.58. The predicted molar refractivity (Wildman–Crippen MR) is 80.2 cm³/mol. The molecule has 0 aliphatic rings. The zero-order chi connectivity index (χ0) is 13.9. The maximum atomic E-state index is 12.4. The van der Waals surface area contributed by atoms with Crippen molar-refractivity contribution in [2.75, 3.05) is 0 Å². The Labute approximate surface area is 118 Å². The van der Waals surface area contributed by atoms with Crippen LogP contribution in [0.15, 0.2) is 17.5 Å². The first-order chi connectivity index (χ1) is 8.26. The van der Waals surface area contributed by atoms with Crippen molar-refractivity contribution in [1.82, 2.24) is 4.31 Å². The molecule has 1 unspecified atom stereocenters. The van der Waals surface area contributed by atoms with E-state index in [9.17, 15) is 8.42 Å². The van der Waals surface area contributed by atoms with Crippen molar-refractivity contribution in [3.63, 3.8) is 0 Å². The van der Waals surface area contributed by atoms with Crippen molar-refractivity contribution >= 4 is 38.6 Å². The lowest BCUT2D eigenvalue weighted by Gasteiger charge is -2.28. The maximum Gasteiger partial charge on any atom is 0.223 e. The third-order valence-corrected chi connectivity index (χ3v) is 6.36. The van der Waals surface area contributed by atoms with Crippen LogP contribution in [0.1, 0.15) is 25.6 Å². The highest BCUT2D eigenvalue weighted by Gasteiger charge is 2.32. The molecule has 1 heterocycles. The molecule has 0 saturated heterocycles. The van der Waals surface area contributed by atoms with E-state index in [4.69, 9.17) is 18.0 Å². The van der Waals surface area contributed by atoms with Crippen molar-refractivity contribution in [2.24, 2.45) is 5.73 Å². The quantitative estimate of drug-likeness (QED) is 0.816. The van der Waals surface area contributed by atoms with Gasteiger partial charge in [-0.15, -0.1) is 11.3 Å². The maximum absolute atomic E-state index is 12.4. The summed E-state index contributed by atoms with van der Waals surface area (Å²) in [7, 11) is -3.50. The molecule has 1 atom stereocenters. The van der Waals surface area contributed by atoms with E-state index in [2.05, 4.69) is 0 Å². The van der Waals surface area contributed by atoms with Crippen molar-refractivity contribution in [2.45, 2.75) is 38.6 Å². The molecule has 1 aromatic rings. The molecule has 0 saturated carbocycles. The Balaban J connectivity index is 3.02. The molecule has 2 N–H and O–H groups in total. The molecule has 0 aliphatic heterocycles. The average Bonchev–Trinajstić information content (AvgIpc) is 2.76. The van der Waals surface area contributed by atoms with E-state index >= 15 is 0 Å². The third kappa shape index (κ3) is 3.50. The Kier molecular flexibility index (Phi) is 5.27. The molecule has 4 nitrogen and oxygen atoms in total. The summed E-state index contributed by atoms with van der Waals surface area (Å²) in [6, 6.07) is 3.69. The highest BCUT2D eigenvalue weighted by Crippen LogP contribution is 2.20. The number of thiocarbonyl (C=S) groups is 1. The standard InChI is InChI=1S/C11H18N2O2S3/c1-8(2)13(7-10-5-4-6-17-10)18(14,15)9(3)11(12)16/h4-6,8-9H,7H2,1-3H3,(H2,12,16). The molecule has 7 heteroatoms. The van der Waals surface area contributed by atoms with Crippen LogP contribution >= 0.6 is 23.6 Å². The molecule has 0 aromatic carbocycles. The number of nitrogens with zero attached hydrogens (tertiary/aromatic N) is 1. The van der Waals surface area contributed by atoms with Crippen LogP contribution < -0.4 is 5.73 Å². The largest absolute Gasteiger partial charge is 0.392 e. The van der Waals surface area contributed by atoms with Gasteiger partial charge in [-0.2, -0.15) is 4.31 Å². The fourth-order valence-corrected chi connectivity index (χ4v) is 4.23. The number of thiophene rings is 1. The van der Waals surface area contributed by atoms with Crippen LogP contribution in [0.25, 0.3) is 0 Å². The summed E-state index contributed by atoms with van der Waals surface area (Å²) >= 11 is 6.33. The molecule has 0 bridgehead atoms. The summed E-state index contributed by atoms with van der Waals surface area (Å²) in [4.78, 5) is 1.01. The van der Waals surface area contributed by atoms with Crippen LogP contribution in [0.2, 0.25) is 0 Å². The summed E-state index contributed by atoms with van der Waals surface area (Å²) in [5.74, 6) is 0. The zero-order valence-electron chi connectivity index (χ0n) is 10.7. The topological polar surface area (TPSA) is 63.4 Å². The third-order valence-electron chi connectivity index (χ3n) is 2.64. The second kappa shape index (κ2) is 6.10.